The van der Waals surface area contributed by atoms with Gasteiger partial charge in [-0.15, -0.1) is 0 Å². The van der Waals surface area contributed by atoms with E-state index >= 15 is 0 Å². The Balaban J connectivity index is 2.32. The molecule has 0 bridgehead atoms. The molecule has 2 aromatic carbocycles. The van der Waals surface area contributed by atoms with Crippen LogP contribution in [-0.2, 0) is 4.74 Å². The van der Waals surface area contributed by atoms with Gasteiger partial charge in [0.15, 0.2) is 0 Å². The minimum atomic E-state index is -0.421. The molecule has 0 amide bonds. The molecule has 0 aliphatic carbocycles. The number of halogens is 3. The summed E-state index contributed by atoms with van der Waals surface area (Å²) in [6.07, 6.45) is 1.66. The number of methoxy groups -OCH3 is 1. The zero-order valence-electron chi connectivity index (χ0n) is 11.9. The lowest BCUT2D eigenvalue weighted by molar-refractivity contribution is 0.0601. The third-order valence-corrected chi connectivity index (χ3v) is 4.25. The maximum Gasteiger partial charge on any atom is 0.337 e. The van der Waals surface area contributed by atoms with Crippen molar-refractivity contribution in [1.82, 2.24) is 4.98 Å². The minimum absolute atomic E-state index is 0.421. The van der Waals surface area contributed by atoms with E-state index in [0.717, 1.165) is 16.5 Å². The smallest absolute Gasteiger partial charge is 0.337 e. The number of rotatable bonds is 2. The van der Waals surface area contributed by atoms with Crippen molar-refractivity contribution in [3.05, 3.63) is 63.2 Å². The summed E-state index contributed by atoms with van der Waals surface area (Å²) in [6, 6.07) is 10.2. The van der Waals surface area contributed by atoms with Crippen LogP contribution in [-0.4, -0.2) is 18.1 Å². The highest BCUT2D eigenvalue weighted by molar-refractivity contribution is 6.42. The lowest BCUT2D eigenvalue weighted by atomic mass is 9.99. The molecule has 23 heavy (non-hydrogen) atoms. The summed E-state index contributed by atoms with van der Waals surface area (Å²) in [5.41, 5.74) is 2.56. The first-order chi connectivity index (χ1) is 11.0. The molecule has 0 N–H and O–H groups in total. The van der Waals surface area contributed by atoms with E-state index in [1.54, 1.807) is 42.6 Å². The van der Waals surface area contributed by atoms with Crippen molar-refractivity contribution in [1.29, 1.82) is 0 Å². The standard InChI is InChI=1S/C17H10Cl3NO2/c1-23-17(22)9-2-3-15-12(6-9)11(4-5-21-15)16-13(19)7-10(18)8-14(16)20/h2-8H,1H3. The number of benzene rings is 2. The Labute approximate surface area is 147 Å². The molecular formula is C17H10Cl3NO2. The average Bonchev–Trinajstić information content (AvgIpc) is 2.53. The fraction of sp³-hybridized carbons (Fsp3) is 0.0588. The topological polar surface area (TPSA) is 39.2 Å². The van der Waals surface area contributed by atoms with E-state index in [2.05, 4.69) is 4.98 Å². The molecule has 0 aliphatic rings. The molecule has 3 rings (SSSR count). The van der Waals surface area contributed by atoms with Crippen LogP contribution in [0.25, 0.3) is 22.0 Å². The van der Waals surface area contributed by atoms with Crippen LogP contribution in [0.5, 0.6) is 0 Å². The maximum absolute atomic E-state index is 11.8. The van der Waals surface area contributed by atoms with Crippen molar-refractivity contribution in [3.63, 3.8) is 0 Å². The highest BCUT2D eigenvalue weighted by Crippen LogP contribution is 2.40. The molecule has 3 nitrogen and oxygen atoms in total. The van der Waals surface area contributed by atoms with Crippen LogP contribution in [0.4, 0.5) is 0 Å². The molecule has 0 fully saturated rings. The second kappa shape index (κ2) is 6.36. The van der Waals surface area contributed by atoms with Gasteiger partial charge in [0.05, 0.1) is 28.2 Å². The molecule has 0 saturated carbocycles. The number of esters is 1. The molecule has 0 unspecified atom stereocenters. The molecule has 0 aliphatic heterocycles. The van der Waals surface area contributed by atoms with Gasteiger partial charge in [-0.2, -0.15) is 0 Å². The van der Waals surface area contributed by atoms with Crippen LogP contribution in [0.15, 0.2) is 42.6 Å². The zero-order chi connectivity index (χ0) is 16.6. The van der Waals surface area contributed by atoms with E-state index in [0.29, 0.717) is 26.2 Å². The highest BCUT2D eigenvalue weighted by Gasteiger charge is 2.15. The third kappa shape index (κ3) is 3.00. The van der Waals surface area contributed by atoms with Gasteiger partial charge in [-0.25, -0.2) is 4.79 Å². The largest absolute Gasteiger partial charge is 0.465 e. The van der Waals surface area contributed by atoms with Crippen LogP contribution in [0.1, 0.15) is 10.4 Å². The lowest BCUT2D eigenvalue weighted by Gasteiger charge is -2.11. The number of carbonyl (C=O) groups is 1. The number of aromatic nitrogens is 1. The van der Waals surface area contributed by atoms with Gasteiger partial charge in [-0.05, 0) is 42.0 Å². The number of ether oxygens (including phenoxy) is 1. The first-order valence-electron chi connectivity index (χ1n) is 6.63. The van der Waals surface area contributed by atoms with E-state index in [9.17, 15) is 4.79 Å². The SMILES string of the molecule is COC(=O)c1ccc2nccc(-c3c(Cl)cc(Cl)cc3Cl)c2c1. The van der Waals surface area contributed by atoms with Crippen molar-refractivity contribution < 1.29 is 9.53 Å². The van der Waals surface area contributed by atoms with Crippen LogP contribution in [0.2, 0.25) is 15.1 Å². The lowest BCUT2D eigenvalue weighted by Crippen LogP contribution is -2.01. The number of fused-ring (bicyclic) bond motifs is 1. The molecular weight excluding hydrogens is 357 g/mol. The minimum Gasteiger partial charge on any atom is -0.465 e. The highest BCUT2D eigenvalue weighted by atomic mass is 35.5. The molecule has 1 aromatic heterocycles. The monoisotopic (exact) mass is 365 g/mol. The Hall–Kier alpha value is -1.81. The fourth-order valence-corrected chi connectivity index (χ4v) is 3.43. The second-order valence-corrected chi connectivity index (χ2v) is 6.08. The summed E-state index contributed by atoms with van der Waals surface area (Å²) in [5.74, 6) is -0.421. The Morgan fingerprint density at radius 1 is 1.04 bits per heavy atom. The van der Waals surface area contributed by atoms with Crippen molar-refractivity contribution >= 4 is 51.7 Å². The number of carbonyl (C=O) groups excluding carboxylic acids is 1. The van der Waals surface area contributed by atoms with E-state index in [4.69, 9.17) is 39.5 Å². The number of hydrogen-bond acceptors (Lipinski definition) is 3. The van der Waals surface area contributed by atoms with Gasteiger partial charge in [-0.3, -0.25) is 4.98 Å². The predicted octanol–water partition coefficient (Wildman–Crippen LogP) is 5.65. The Kier molecular flexibility index (Phi) is 4.44. The molecule has 116 valence electrons. The summed E-state index contributed by atoms with van der Waals surface area (Å²) in [5, 5.41) is 2.07. The summed E-state index contributed by atoms with van der Waals surface area (Å²) in [4.78, 5) is 16.1. The van der Waals surface area contributed by atoms with E-state index in [1.165, 1.54) is 7.11 Å². The van der Waals surface area contributed by atoms with Crippen LogP contribution >= 0.6 is 34.8 Å². The number of hydrogen-bond donors (Lipinski definition) is 0. The van der Waals surface area contributed by atoms with Crippen molar-refractivity contribution in [2.45, 2.75) is 0 Å². The Morgan fingerprint density at radius 3 is 2.39 bits per heavy atom. The van der Waals surface area contributed by atoms with E-state index in [-0.39, 0.29) is 0 Å². The van der Waals surface area contributed by atoms with Crippen molar-refractivity contribution in [2.24, 2.45) is 0 Å². The summed E-state index contributed by atoms with van der Waals surface area (Å²) in [7, 11) is 1.34. The van der Waals surface area contributed by atoms with Gasteiger partial charge in [0.1, 0.15) is 0 Å². The normalized spacial score (nSPS) is 10.8. The summed E-state index contributed by atoms with van der Waals surface area (Å²) >= 11 is 18.6. The van der Waals surface area contributed by atoms with Gasteiger partial charge in [-0.1, -0.05) is 34.8 Å². The van der Waals surface area contributed by atoms with E-state index < -0.39 is 5.97 Å². The molecule has 0 saturated heterocycles. The Morgan fingerprint density at radius 2 is 1.74 bits per heavy atom. The van der Waals surface area contributed by atoms with Crippen LogP contribution in [0, 0.1) is 0 Å². The second-order valence-electron chi connectivity index (χ2n) is 4.83. The number of pyridine rings is 1. The molecule has 0 radical (unpaired) electrons. The first-order valence-corrected chi connectivity index (χ1v) is 7.76. The molecule has 6 heteroatoms. The van der Waals surface area contributed by atoms with Gasteiger partial charge >= 0.3 is 5.97 Å². The van der Waals surface area contributed by atoms with Crippen molar-refractivity contribution in [3.8, 4) is 11.1 Å². The predicted molar refractivity (Wildman–Crippen MR) is 93.5 cm³/mol. The Bertz CT molecular complexity index is 902. The van der Waals surface area contributed by atoms with E-state index in [1.807, 2.05) is 0 Å². The fourth-order valence-electron chi connectivity index (χ4n) is 2.41. The zero-order valence-corrected chi connectivity index (χ0v) is 14.2. The summed E-state index contributed by atoms with van der Waals surface area (Å²) < 4.78 is 4.77. The molecule has 3 aromatic rings. The van der Waals surface area contributed by atoms with Crippen molar-refractivity contribution in [2.75, 3.05) is 7.11 Å². The third-order valence-electron chi connectivity index (χ3n) is 3.44. The first kappa shape index (κ1) is 16.1. The average molecular weight is 367 g/mol. The maximum atomic E-state index is 11.8. The van der Waals surface area contributed by atoms with Gasteiger partial charge in [0.25, 0.3) is 0 Å². The van der Waals surface area contributed by atoms with Gasteiger partial charge in [0.2, 0.25) is 0 Å². The van der Waals surface area contributed by atoms with Gasteiger partial charge < -0.3 is 4.74 Å². The number of nitrogens with zero attached hydrogens (tertiary/aromatic N) is 1. The van der Waals surface area contributed by atoms with Gasteiger partial charge in [0, 0.05) is 22.2 Å². The van der Waals surface area contributed by atoms with Crippen LogP contribution in [0.3, 0.4) is 0 Å². The molecule has 0 atom stereocenters. The molecule has 0 spiro atoms. The summed E-state index contributed by atoms with van der Waals surface area (Å²) in [6.45, 7) is 0. The quantitative estimate of drug-likeness (QED) is 0.550. The molecule has 1 heterocycles. The van der Waals surface area contributed by atoms with Crippen LogP contribution < -0.4 is 0 Å².